The molecule has 27 heavy (non-hydrogen) atoms. The van der Waals surface area contributed by atoms with Gasteiger partial charge in [-0.1, -0.05) is 48.5 Å². The number of fused-ring (bicyclic) bond motifs is 1. The van der Waals surface area contributed by atoms with Gasteiger partial charge in [0.2, 0.25) is 0 Å². The van der Waals surface area contributed by atoms with Gasteiger partial charge < -0.3 is 5.11 Å². The van der Waals surface area contributed by atoms with E-state index >= 15 is 0 Å². The first-order chi connectivity index (χ1) is 13.1. The first kappa shape index (κ1) is 17.7. The van der Waals surface area contributed by atoms with E-state index in [1.54, 1.807) is 11.3 Å². The van der Waals surface area contributed by atoms with Gasteiger partial charge in [-0.15, -0.1) is 0 Å². The average molecular weight is 372 g/mol. The zero-order chi connectivity index (χ0) is 19.0. The van der Waals surface area contributed by atoms with Crippen LogP contribution in [0.25, 0.3) is 33.0 Å². The molecular formula is C24H20O2S. The van der Waals surface area contributed by atoms with Crippen molar-refractivity contribution >= 4 is 27.9 Å². The number of carbonyl (C=O) groups excluding carboxylic acids is 1. The summed E-state index contributed by atoms with van der Waals surface area (Å²) in [5.74, 6) is -0.248. The van der Waals surface area contributed by atoms with Crippen LogP contribution in [-0.4, -0.2) is 17.0 Å². The molecule has 4 aromatic rings. The SMILES string of the molecule is Cc1c(-c2ccc(-c3ccsc3)cc2)cc(C(=O)C(C)O)c2ccccc12. The molecule has 0 aliphatic rings. The Morgan fingerprint density at radius 3 is 2.22 bits per heavy atom. The Bertz CT molecular complexity index is 1110. The maximum absolute atomic E-state index is 12.6. The number of aliphatic hydroxyl groups excluding tert-OH is 1. The van der Waals surface area contributed by atoms with Gasteiger partial charge >= 0.3 is 0 Å². The van der Waals surface area contributed by atoms with Crippen molar-refractivity contribution in [3.05, 3.63) is 82.6 Å². The van der Waals surface area contributed by atoms with Crippen LogP contribution >= 0.6 is 11.3 Å². The number of hydrogen-bond acceptors (Lipinski definition) is 3. The first-order valence-electron chi connectivity index (χ1n) is 8.94. The van der Waals surface area contributed by atoms with Gasteiger partial charge in [-0.25, -0.2) is 0 Å². The van der Waals surface area contributed by atoms with Crippen molar-refractivity contribution in [2.75, 3.05) is 0 Å². The number of rotatable bonds is 4. The smallest absolute Gasteiger partial charge is 0.191 e. The quantitative estimate of drug-likeness (QED) is 0.439. The second kappa shape index (κ2) is 7.10. The van der Waals surface area contributed by atoms with Gasteiger partial charge in [0.05, 0.1) is 0 Å². The number of aliphatic hydroxyl groups is 1. The van der Waals surface area contributed by atoms with Gasteiger partial charge in [-0.3, -0.25) is 4.79 Å². The molecule has 0 saturated heterocycles. The van der Waals surface area contributed by atoms with Crippen LogP contribution in [0.2, 0.25) is 0 Å². The summed E-state index contributed by atoms with van der Waals surface area (Å²) in [7, 11) is 0. The minimum atomic E-state index is -1.02. The molecule has 1 aromatic heterocycles. The van der Waals surface area contributed by atoms with Crippen LogP contribution in [0.15, 0.2) is 71.4 Å². The van der Waals surface area contributed by atoms with Crippen molar-refractivity contribution in [3.63, 3.8) is 0 Å². The van der Waals surface area contributed by atoms with Crippen LogP contribution in [0.4, 0.5) is 0 Å². The molecule has 0 spiro atoms. The number of benzene rings is 3. The fourth-order valence-electron chi connectivity index (χ4n) is 3.52. The van der Waals surface area contributed by atoms with E-state index in [0.29, 0.717) is 5.56 Å². The number of ketones is 1. The van der Waals surface area contributed by atoms with Gasteiger partial charge in [0, 0.05) is 5.56 Å². The van der Waals surface area contributed by atoms with Gasteiger partial charge in [-0.05, 0) is 75.3 Å². The number of aryl methyl sites for hydroxylation is 1. The van der Waals surface area contributed by atoms with Crippen molar-refractivity contribution in [1.82, 2.24) is 0 Å². The number of carbonyl (C=O) groups is 1. The molecule has 0 aliphatic carbocycles. The largest absolute Gasteiger partial charge is 0.385 e. The monoisotopic (exact) mass is 372 g/mol. The van der Waals surface area contributed by atoms with Crippen LogP contribution in [0.3, 0.4) is 0 Å². The Morgan fingerprint density at radius 2 is 1.59 bits per heavy atom. The fourth-order valence-corrected chi connectivity index (χ4v) is 4.19. The van der Waals surface area contributed by atoms with Crippen molar-refractivity contribution < 1.29 is 9.90 Å². The predicted molar refractivity (Wildman–Crippen MR) is 113 cm³/mol. The molecule has 0 bridgehead atoms. The summed E-state index contributed by atoms with van der Waals surface area (Å²) in [5, 5.41) is 16.0. The predicted octanol–water partition coefficient (Wildman–Crippen LogP) is 6.11. The average Bonchev–Trinajstić information content (AvgIpc) is 3.23. The molecule has 4 rings (SSSR count). The maximum atomic E-state index is 12.6. The van der Waals surface area contributed by atoms with Gasteiger partial charge in [-0.2, -0.15) is 11.3 Å². The molecule has 2 nitrogen and oxygen atoms in total. The van der Waals surface area contributed by atoms with E-state index in [2.05, 4.69) is 48.0 Å². The fraction of sp³-hybridized carbons (Fsp3) is 0.125. The summed E-state index contributed by atoms with van der Waals surface area (Å²) >= 11 is 1.69. The van der Waals surface area contributed by atoms with Crippen LogP contribution in [0, 0.1) is 6.92 Å². The second-order valence-electron chi connectivity index (χ2n) is 6.77. The lowest BCUT2D eigenvalue weighted by Crippen LogP contribution is -2.16. The lowest BCUT2D eigenvalue weighted by Gasteiger charge is -2.15. The summed E-state index contributed by atoms with van der Waals surface area (Å²) in [6, 6.07) is 20.3. The van der Waals surface area contributed by atoms with E-state index in [1.807, 2.05) is 30.3 Å². The second-order valence-corrected chi connectivity index (χ2v) is 7.55. The van der Waals surface area contributed by atoms with E-state index in [4.69, 9.17) is 0 Å². The molecule has 1 atom stereocenters. The normalized spacial score (nSPS) is 12.3. The molecule has 0 radical (unpaired) electrons. The van der Waals surface area contributed by atoms with Crippen molar-refractivity contribution in [2.24, 2.45) is 0 Å². The summed E-state index contributed by atoms with van der Waals surface area (Å²) in [6.07, 6.45) is -1.02. The summed E-state index contributed by atoms with van der Waals surface area (Å²) in [5.41, 5.74) is 6.19. The highest BCUT2D eigenvalue weighted by Gasteiger charge is 2.18. The molecule has 1 unspecified atom stereocenters. The molecule has 0 aliphatic heterocycles. The Hall–Kier alpha value is -2.75. The lowest BCUT2D eigenvalue weighted by molar-refractivity contribution is 0.0781. The van der Waals surface area contributed by atoms with Crippen LogP contribution in [0.1, 0.15) is 22.8 Å². The maximum Gasteiger partial charge on any atom is 0.191 e. The highest BCUT2D eigenvalue weighted by Crippen LogP contribution is 2.34. The lowest BCUT2D eigenvalue weighted by atomic mass is 9.89. The van der Waals surface area contributed by atoms with Crippen molar-refractivity contribution in [3.8, 4) is 22.3 Å². The Labute approximate surface area is 162 Å². The van der Waals surface area contributed by atoms with Crippen molar-refractivity contribution in [1.29, 1.82) is 0 Å². The summed E-state index contributed by atoms with van der Waals surface area (Å²) in [6.45, 7) is 3.60. The minimum Gasteiger partial charge on any atom is -0.385 e. The van der Waals surface area contributed by atoms with Crippen LogP contribution < -0.4 is 0 Å². The molecule has 0 amide bonds. The van der Waals surface area contributed by atoms with E-state index in [9.17, 15) is 9.90 Å². The molecule has 0 saturated carbocycles. The van der Waals surface area contributed by atoms with Gasteiger partial charge in [0.1, 0.15) is 6.10 Å². The van der Waals surface area contributed by atoms with Crippen LogP contribution in [-0.2, 0) is 0 Å². The topological polar surface area (TPSA) is 37.3 Å². The Kier molecular flexibility index (Phi) is 4.65. The van der Waals surface area contributed by atoms with E-state index in [1.165, 1.54) is 18.1 Å². The zero-order valence-electron chi connectivity index (χ0n) is 15.3. The Balaban J connectivity index is 1.89. The van der Waals surface area contributed by atoms with Gasteiger partial charge in [0.15, 0.2) is 5.78 Å². The molecule has 0 fully saturated rings. The highest BCUT2D eigenvalue weighted by molar-refractivity contribution is 7.08. The van der Waals surface area contributed by atoms with Gasteiger partial charge in [0.25, 0.3) is 0 Å². The molecule has 134 valence electrons. The molecular weight excluding hydrogens is 352 g/mol. The first-order valence-corrected chi connectivity index (χ1v) is 9.88. The van der Waals surface area contributed by atoms with E-state index < -0.39 is 6.10 Å². The molecule has 3 heteroatoms. The van der Waals surface area contributed by atoms with Crippen molar-refractivity contribution in [2.45, 2.75) is 20.0 Å². The van der Waals surface area contributed by atoms with E-state index in [0.717, 1.165) is 27.5 Å². The summed E-state index contributed by atoms with van der Waals surface area (Å²) < 4.78 is 0. The Morgan fingerprint density at radius 1 is 0.926 bits per heavy atom. The number of hydrogen-bond donors (Lipinski definition) is 1. The third kappa shape index (κ3) is 3.20. The number of Topliss-reactive ketones (excluding diaryl/α,β-unsaturated/α-hetero) is 1. The minimum absolute atomic E-state index is 0.248. The van der Waals surface area contributed by atoms with Crippen LogP contribution in [0.5, 0.6) is 0 Å². The summed E-state index contributed by atoms with van der Waals surface area (Å²) in [4.78, 5) is 12.6. The molecule has 1 heterocycles. The van der Waals surface area contributed by atoms with E-state index in [-0.39, 0.29) is 5.78 Å². The number of thiophene rings is 1. The molecule has 3 aromatic carbocycles. The zero-order valence-corrected chi connectivity index (χ0v) is 16.1. The third-order valence-corrected chi connectivity index (χ3v) is 5.69. The molecule has 1 N–H and O–H groups in total. The highest BCUT2D eigenvalue weighted by atomic mass is 32.1. The standard InChI is InChI=1S/C24H20O2S/c1-15-20-5-3-4-6-21(20)23(24(26)16(2)25)13-22(15)18-9-7-17(8-10-18)19-11-12-27-14-19/h3-14,16,25H,1-2H3. The third-order valence-electron chi connectivity index (χ3n) is 5.01.